The van der Waals surface area contributed by atoms with Crippen molar-refractivity contribution in [3.8, 4) is 5.69 Å². The van der Waals surface area contributed by atoms with Gasteiger partial charge in [0.05, 0.1) is 23.1 Å². The van der Waals surface area contributed by atoms with Crippen LogP contribution in [0.25, 0.3) is 5.69 Å². The quantitative estimate of drug-likeness (QED) is 0.795. The van der Waals surface area contributed by atoms with Crippen LogP contribution in [-0.4, -0.2) is 24.7 Å². The van der Waals surface area contributed by atoms with Gasteiger partial charge in [-0.15, -0.1) is 10.2 Å². The first kappa shape index (κ1) is 13.2. The standard InChI is InChI=1S/C15H16N6/c1-11-15(17-7-6-16-11)12(2)20-13-4-3-5-14(8-13)21-9-18-19-10-21/h3-10,12,20H,1-2H3. The van der Waals surface area contributed by atoms with E-state index in [1.807, 2.05) is 35.8 Å². The number of aromatic nitrogens is 5. The van der Waals surface area contributed by atoms with Crippen LogP contribution >= 0.6 is 0 Å². The van der Waals surface area contributed by atoms with Gasteiger partial charge in [0.1, 0.15) is 12.7 Å². The number of benzene rings is 1. The number of hydrogen-bond donors (Lipinski definition) is 1. The largest absolute Gasteiger partial charge is 0.377 e. The fourth-order valence-electron chi connectivity index (χ4n) is 2.25. The van der Waals surface area contributed by atoms with Crippen molar-refractivity contribution in [2.45, 2.75) is 19.9 Å². The van der Waals surface area contributed by atoms with Crippen LogP contribution in [-0.2, 0) is 0 Å². The maximum Gasteiger partial charge on any atom is 0.123 e. The zero-order valence-corrected chi connectivity index (χ0v) is 11.9. The summed E-state index contributed by atoms with van der Waals surface area (Å²) < 4.78 is 1.86. The van der Waals surface area contributed by atoms with Crippen molar-refractivity contribution in [2.24, 2.45) is 0 Å². The molecule has 6 heteroatoms. The maximum absolute atomic E-state index is 4.40. The first-order valence-electron chi connectivity index (χ1n) is 6.73. The van der Waals surface area contributed by atoms with Crippen LogP contribution in [0.2, 0.25) is 0 Å². The molecule has 3 rings (SSSR count). The molecule has 0 spiro atoms. The predicted octanol–water partition coefficient (Wildman–Crippen LogP) is 2.54. The van der Waals surface area contributed by atoms with Gasteiger partial charge in [-0.3, -0.25) is 14.5 Å². The first-order chi connectivity index (χ1) is 10.2. The molecule has 2 heterocycles. The van der Waals surface area contributed by atoms with Crippen LogP contribution in [0, 0.1) is 6.92 Å². The summed E-state index contributed by atoms with van der Waals surface area (Å²) in [5.41, 5.74) is 3.91. The fraction of sp³-hybridized carbons (Fsp3) is 0.200. The van der Waals surface area contributed by atoms with Crippen molar-refractivity contribution in [1.29, 1.82) is 0 Å². The average Bonchev–Trinajstić information content (AvgIpc) is 3.02. The van der Waals surface area contributed by atoms with Crippen LogP contribution in [0.5, 0.6) is 0 Å². The van der Waals surface area contributed by atoms with Crippen LogP contribution in [0.1, 0.15) is 24.4 Å². The van der Waals surface area contributed by atoms with Gasteiger partial charge in [-0.25, -0.2) is 0 Å². The van der Waals surface area contributed by atoms with E-state index in [1.54, 1.807) is 25.0 Å². The second kappa shape index (κ2) is 5.70. The van der Waals surface area contributed by atoms with Crippen molar-refractivity contribution >= 4 is 5.69 Å². The van der Waals surface area contributed by atoms with Crippen molar-refractivity contribution in [2.75, 3.05) is 5.32 Å². The van der Waals surface area contributed by atoms with E-state index in [4.69, 9.17) is 0 Å². The Morgan fingerprint density at radius 1 is 1.10 bits per heavy atom. The highest BCUT2D eigenvalue weighted by atomic mass is 15.2. The summed E-state index contributed by atoms with van der Waals surface area (Å²) in [4.78, 5) is 8.67. The second-order valence-corrected chi connectivity index (χ2v) is 4.81. The number of nitrogens with zero attached hydrogens (tertiary/aromatic N) is 5. The highest BCUT2D eigenvalue weighted by Gasteiger charge is 2.10. The third-order valence-electron chi connectivity index (χ3n) is 3.28. The van der Waals surface area contributed by atoms with Crippen molar-refractivity contribution in [3.63, 3.8) is 0 Å². The number of anilines is 1. The minimum absolute atomic E-state index is 0.0786. The Bertz CT molecular complexity index is 723. The molecule has 1 aromatic carbocycles. The van der Waals surface area contributed by atoms with Gasteiger partial charge in [0, 0.05) is 18.1 Å². The molecule has 0 fully saturated rings. The number of nitrogens with one attached hydrogen (secondary N) is 1. The lowest BCUT2D eigenvalue weighted by molar-refractivity contribution is 0.810. The fourth-order valence-corrected chi connectivity index (χ4v) is 2.25. The molecule has 0 radical (unpaired) electrons. The lowest BCUT2D eigenvalue weighted by atomic mass is 10.1. The van der Waals surface area contributed by atoms with E-state index >= 15 is 0 Å². The van der Waals surface area contributed by atoms with Gasteiger partial charge < -0.3 is 5.32 Å². The lowest BCUT2D eigenvalue weighted by Crippen LogP contribution is -2.11. The molecule has 0 amide bonds. The number of aryl methyl sites for hydroxylation is 1. The van der Waals surface area contributed by atoms with Crippen LogP contribution < -0.4 is 5.32 Å². The number of rotatable bonds is 4. The van der Waals surface area contributed by atoms with Gasteiger partial charge in [-0.05, 0) is 32.0 Å². The summed E-state index contributed by atoms with van der Waals surface area (Å²) in [7, 11) is 0. The molecule has 106 valence electrons. The average molecular weight is 280 g/mol. The van der Waals surface area contributed by atoms with E-state index in [0.717, 1.165) is 22.8 Å². The van der Waals surface area contributed by atoms with Gasteiger partial charge in [0.15, 0.2) is 0 Å². The molecule has 0 aliphatic heterocycles. The minimum Gasteiger partial charge on any atom is -0.377 e. The van der Waals surface area contributed by atoms with E-state index in [1.165, 1.54) is 0 Å². The van der Waals surface area contributed by atoms with E-state index < -0.39 is 0 Å². The normalized spacial score (nSPS) is 12.1. The van der Waals surface area contributed by atoms with Crippen molar-refractivity contribution in [3.05, 3.63) is 60.7 Å². The minimum atomic E-state index is 0.0786. The molecule has 1 atom stereocenters. The molecule has 0 aliphatic rings. The van der Waals surface area contributed by atoms with Crippen LogP contribution in [0.4, 0.5) is 5.69 Å². The maximum atomic E-state index is 4.40. The smallest absolute Gasteiger partial charge is 0.123 e. The summed E-state index contributed by atoms with van der Waals surface area (Å²) >= 11 is 0. The first-order valence-corrected chi connectivity index (χ1v) is 6.73. The number of hydrogen-bond acceptors (Lipinski definition) is 5. The van der Waals surface area contributed by atoms with Crippen molar-refractivity contribution in [1.82, 2.24) is 24.7 Å². The van der Waals surface area contributed by atoms with Gasteiger partial charge in [0.2, 0.25) is 0 Å². The zero-order chi connectivity index (χ0) is 14.7. The summed E-state index contributed by atoms with van der Waals surface area (Å²) in [6, 6.07) is 8.15. The highest BCUT2D eigenvalue weighted by Crippen LogP contribution is 2.21. The summed E-state index contributed by atoms with van der Waals surface area (Å²) in [5.74, 6) is 0. The Morgan fingerprint density at radius 2 is 1.86 bits per heavy atom. The summed E-state index contributed by atoms with van der Waals surface area (Å²) in [6.45, 7) is 4.04. The molecule has 6 nitrogen and oxygen atoms in total. The molecule has 1 unspecified atom stereocenters. The van der Waals surface area contributed by atoms with Gasteiger partial charge in [0.25, 0.3) is 0 Å². The lowest BCUT2D eigenvalue weighted by Gasteiger charge is -2.16. The molecule has 3 aromatic rings. The van der Waals surface area contributed by atoms with Crippen molar-refractivity contribution < 1.29 is 0 Å². The molecule has 0 saturated carbocycles. The molecule has 0 bridgehead atoms. The monoisotopic (exact) mass is 280 g/mol. The second-order valence-electron chi connectivity index (χ2n) is 4.81. The van der Waals surface area contributed by atoms with E-state index in [0.29, 0.717) is 0 Å². The molecule has 0 aliphatic carbocycles. The predicted molar refractivity (Wildman–Crippen MR) is 80.2 cm³/mol. The third-order valence-corrected chi connectivity index (χ3v) is 3.28. The van der Waals surface area contributed by atoms with Gasteiger partial charge in [-0.2, -0.15) is 0 Å². The summed E-state index contributed by atoms with van der Waals surface area (Å²) in [6.07, 6.45) is 6.77. The Kier molecular flexibility index (Phi) is 3.59. The van der Waals surface area contributed by atoms with E-state index in [9.17, 15) is 0 Å². The highest BCUT2D eigenvalue weighted by molar-refractivity contribution is 5.52. The van der Waals surface area contributed by atoms with Gasteiger partial charge >= 0.3 is 0 Å². The Balaban J connectivity index is 1.82. The SMILES string of the molecule is Cc1nccnc1C(C)Nc1cccc(-n2cnnc2)c1. The topological polar surface area (TPSA) is 68.5 Å². The van der Waals surface area contributed by atoms with Crippen LogP contribution in [0.3, 0.4) is 0 Å². The molecular weight excluding hydrogens is 264 g/mol. The molecule has 0 saturated heterocycles. The summed E-state index contributed by atoms with van der Waals surface area (Å²) in [5, 5.41) is 11.1. The molecular formula is C15H16N6. The third kappa shape index (κ3) is 2.89. The van der Waals surface area contributed by atoms with E-state index in [2.05, 4.69) is 32.4 Å². The molecule has 2 aromatic heterocycles. The molecule has 21 heavy (non-hydrogen) atoms. The zero-order valence-electron chi connectivity index (χ0n) is 11.9. The van der Waals surface area contributed by atoms with Gasteiger partial charge in [-0.1, -0.05) is 6.07 Å². The Morgan fingerprint density at radius 3 is 2.62 bits per heavy atom. The molecule has 1 N–H and O–H groups in total. The van der Waals surface area contributed by atoms with E-state index in [-0.39, 0.29) is 6.04 Å². The Labute approximate surface area is 122 Å². The Hall–Kier alpha value is -2.76. The van der Waals surface area contributed by atoms with Crippen LogP contribution in [0.15, 0.2) is 49.3 Å².